The molecule has 0 saturated heterocycles. The minimum Gasteiger partial charge on any atom is -0.328 e. The van der Waals surface area contributed by atoms with Crippen molar-refractivity contribution in [3.63, 3.8) is 0 Å². The molecule has 0 rings (SSSR count). The number of hydrogen-bond acceptors (Lipinski definition) is 3. The molecule has 0 aliphatic heterocycles. The van der Waals surface area contributed by atoms with Crippen LogP contribution in [0.1, 0.15) is 6.42 Å². The van der Waals surface area contributed by atoms with Crippen LogP contribution < -0.4 is 0 Å². The summed E-state index contributed by atoms with van der Waals surface area (Å²) in [5, 5.41) is 0. The standard InChI is InChI=1S/C3H6Cl3O3P/c4-3(5,6)1-2-9-10(7)8/h7-8H,1-2H2. The average Bonchev–Trinajstić information content (AvgIpc) is 1.59. The van der Waals surface area contributed by atoms with Crippen LogP contribution in [-0.2, 0) is 4.52 Å². The lowest BCUT2D eigenvalue weighted by Crippen LogP contribution is -2.05. The molecule has 0 spiro atoms. The van der Waals surface area contributed by atoms with Crippen molar-refractivity contribution in [1.29, 1.82) is 0 Å². The molecule has 0 aromatic carbocycles. The van der Waals surface area contributed by atoms with Crippen molar-refractivity contribution in [2.24, 2.45) is 0 Å². The van der Waals surface area contributed by atoms with Crippen molar-refractivity contribution < 1.29 is 14.3 Å². The summed E-state index contributed by atoms with van der Waals surface area (Å²) < 4.78 is 2.96. The lowest BCUT2D eigenvalue weighted by Gasteiger charge is -2.09. The maximum atomic E-state index is 8.22. The number of rotatable bonds is 3. The van der Waals surface area contributed by atoms with Crippen molar-refractivity contribution in [1.82, 2.24) is 0 Å². The summed E-state index contributed by atoms with van der Waals surface area (Å²) in [5.74, 6) is 0. The third-order valence-electron chi connectivity index (χ3n) is 0.592. The van der Waals surface area contributed by atoms with Gasteiger partial charge in [0.15, 0.2) is 3.79 Å². The minimum absolute atomic E-state index is 0.0230. The zero-order valence-corrected chi connectivity index (χ0v) is 7.96. The van der Waals surface area contributed by atoms with Gasteiger partial charge in [0.1, 0.15) is 0 Å². The maximum absolute atomic E-state index is 8.22. The predicted molar refractivity (Wildman–Crippen MR) is 42.2 cm³/mol. The molecule has 2 N–H and O–H groups in total. The van der Waals surface area contributed by atoms with Crippen LogP contribution in [0.3, 0.4) is 0 Å². The van der Waals surface area contributed by atoms with Gasteiger partial charge in [0, 0.05) is 6.42 Å². The second-order valence-electron chi connectivity index (χ2n) is 1.45. The molecule has 0 aliphatic carbocycles. The molecule has 10 heavy (non-hydrogen) atoms. The first kappa shape index (κ1) is 11.2. The molecule has 0 saturated carbocycles. The van der Waals surface area contributed by atoms with E-state index >= 15 is 0 Å². The quantitative estimate of drug-likeness (QED) is 0.572. The van der Waals surface area contributed by atoms with Crippen LogP contribution in [0.5, 0.6) is 0 Å². The Balaban J connectivity index is 3.21. The topological polar surface area (TPSA) is 49.7 Å². The molecule has 0 bridgehead atoms. The number of alkyl halides is 3. The first-order valence-corrected chi connectivity index (χ1v) is 4.59. The van der Waals surface area contributed by atoms with Gasteiger partial charge in [-0.3, -0.25) is 0 Å². The monoisotopic (exact) mass is 226 g/mol. The van der Waals surface area contributed by atoms with E-state index in [9.17, 15) is 0 Å². The van der Waals surface area contributed by atoms with Crippen molar-refractivity contribution in [3.8, 4) is 0 Å². The molecule has 0 aromatic rings. The second kappa shape index (κ2) is 4.94. The summed E-state index contributed by atoms with van der Waals surface area (Å²) in [4.78, 5) is 16.4. The Kier molecular flexibility index (Phi) is 5.52. The van der Waals surface area contributed by atoms with Crippen molar-refractivity contribution in [3.05, 3.63) is 0 Å². The van der Waals surface area contributed by atoms with Crippen molar-refractivity contribution in [2.75, 3.05) is 6.61 Å². The van der Waals surface area contributed by atoms with E-state index in [1.165, 1.54) is 0 Å². The van der Waals surface area contributed by atoms with Gasteiger partial charge in [-0.15, -0.1) is 0 Å². The van der Waals surface area contributed by atoms with Crippen LogP contribution in [0.2, 0.25) is 0 Å². The molecule has 0 heterocycles. The fourth-order valence-electron chi connectivity index (χ4n) is 0.243. The summed E-state index contributed by atoms with van der Waals surface area (Å²) in [5.41, 5.74) is 0. The molecule has 0 amide bonds. The molecule has 62 valence electrons. The Morgan fingerprint density at radius 1 is 1.30 bits per heavy atom. The van der Waals surface area contributed by atoms with E-state index in [2.05, 4.69) is 4.52 Å². The Bertz CT molecular complexity index is 93.5. The summed E-state index contributed by atoms with van der Waals surface area (Å²) in [7, 11) is -2.33. The highest BCUT2D eigenvalue weighted by atomic mass is 35.6. The van der Waals surface area contributed by atoms with E-state index in [1.54, 1.807) is 0 Å². The highest BCUT2D eigenvalue weighted by molar-refractivity contribution is 7.39. The van der Waals surface area contributed by atoms with Crippen LogP contribution in [-0.4, -0.2) is 20.2 Å². The zero-order valence-electron chi connectivity index (χ0n) is 4.80. The minimum atomic E-state index is -2.33. The zero-order chi connectivity index (χ0) is 8.20. The van der Waals surface area contributed by atoms with Gasteiger partial charge in [0.25, 0.3) is 0 Å². The third kappa shape index (κ3) is 9.18. The van der Waals surface area contributed by atoms with Crippen LogP contribution in [0, 0.1) is 0 Å². The normalized spacial score (nSPS) is 12.6. The SMILES string of the molecule is OP(O)OCCC(Cl)(Cl)Cl. The van der Waals surface area contributed by atoms with Crippen molar-refractivity contribution >= 4 is 43.4 Å². The molecule has 3 nitrogen and oxygen atoms in total. The molecular formula is C3H6Cl3O3P. The summed E-state index contributed by atoms with van der Waals surface area (Å²) in [6.45, 7) is 0.0230. The van der Waals surface area contributed by atoms with E-state index < -0.39 is 12.4 Å². The number of hydrogen-bond donors (Lipinski definition) is 2. The van der Waals surface area contributed by atoms with Gasteiger partial charge in [0.2, 0.25) is 0 Å². The third-order valence-corrected chi connectivity index (χ3v) is 1.57. The van der Waals surface area contributed by atoms with E-state index in [-0.39, 0.29) is 13.0 Å². The lowest BCUT2D eigenvalue weighted by atomic mass is 10.5. The van der Waals surface area contributed by atoms with Gasteiger partial charge in [-0.25, -0.2) is 0 Å². The smallest absolute Gasteiger partial charge is 0.327 e. The molecule has 0 atom stereocenters. The first-order valence-electron chi connectivity index (χ1n) is 2.29. The van der Waals surface area contributed by atoms with Crippen LogP contribution >= 0.6 is 43.4 Å². The molecular weight excluding hydrogens is 221 g/mol. The molecule has 0 aliphatic rings. The van der Waals surface area contributed by atoms with Crippen molar-refractivity contribution in [2.45, 2.75) is 10.2 Å². The van der Waals surface area contributed by atoms with Gasteiger partial charge < -0.3 is 14.3 Å². The Labute approximate surface area is 74.8 Å². The van der Waals surface area contributed by atoms with Crippen LogP contribution in [0.4, 0.5) is 0 Å². The second-order valence-corrected chi connectivity index (χ2v) is 4.73. The van der Waals surface area contributed by atoms with Gasteiger partial charge in [-0.1, -0.05) is 34.8 Å². The number of halogens is 3. The molecule has 0 aromatic heterocycles. The van der Waals surface area contributed by atoms with E-state index in [0.29, 0.717) is 0 Å². The average molecular weight is 227 g/mol. The molecule has 0 unspecified atom stereocenters. The first-order chi connectivity index (χ1) is 4.42. The Hall–Kier alpha value is 1.18. The van der Waals surface area contributed by atoms with Gasteiger partial charge in [0.05, 0.1) is 6.61 Å². The molecule has 7 heteroatoms. The fourth-order valence-corrected chi connectivity index (χ4v) is 0.729. The lowest BCUT2D eigenvalue weighted by molar-refractivity contribution is 0.253. The summed E-state index contributed by atoms with van der Waals surface area (Å²) in [6, 6.07) is 0. The highest BCUT2D eigenvalue weighted by Gasteiger charge is 2.19. The molecule has 0 fully saturated rings. The van der Waals surface area contributed by atoms with E-state index in [4.69, 9.17) is 44.6 Å². The van der Waals surface area contributed by atoms with E-state index in [1.807, 2.05) is 0 Å². The fraction of sp³-hybridized carbons (Fsp3) is 1.00. The van der Waals surface area contributed by atoms with Gasteiger partial charge in [-0.2, -0.15) is 0 Å². The Morgan fingerprint density at radius 3 is 2.10 bits per heavy atom. The van der Waals surface area contributed by atoms with E-state index in [0.717, 1.165) is 0 Å². The van der Waals surface area contributed by atoms with Crippen LogP contribution in [0.25, 0.3) is 0 Å². The van der Waals surface area contributed by atoms with Crippen LogP contribution in [0.15, 0.2) is 0 Å². The molecule has 0 radical (unpaired) electrons. The van der Waals surface area contributed by atoms with Gasteiger partial charge >= 0.3 is 8.60 Å². The summed E-state index contributed by atoms with van der Waals surface area (Å²) >= 11 is 15.9. The predicted octanol–water partition coefficient (Wildman–Crippen LogP) is 1.97. The Morgan fingerprint density at radius 2 is 1.80 bits per heavy atom. The van der Waals surface area contributed by atoms with Gasteiger partial charge in [-0.05, 0) is 0 Å². The maximum Gasteiger partial charge on any atom is 0.327 e. The summed E-state index contributed by atoms with van der Waals surface area (Å²) in [6.07, 6.45) is 0.137. The highest BCUT2D eigenvalue weighted by Crippen LogP contribution is 2.32. The largest absolute Gasteiger partial charge is 0.328 e.